The first kappa shape index (κ1) is 28.8. The molecule has 34 heavy (non-hydrogen) atoms. The molecule has 4 aromatic rings. The molecule has 4 rings (SSSR count). The van der Waals surface area contributed by atoms with Crippen LogP contribution in [0.1, 0.15) is 47.1 Å². The van der Waals surface area contributed by atoms with Gasteiger partial charge in [0.15, 0.2) is 0 Å². The molecule has 0 saturated carbocycles. The van der Waals surface area contributed by atoms with E-state index < -0.39 is 7.92 Å². The van der Waals surface area contributed by atoms with Gasteiger partial charge in [0.05, 0.1) is 0 Å². The van der Waals surface area contributed by atoms with Crippen molar-refractivity contribution >= 4 is 31.8 Å². The fraction of sp³-hybridized carbons (Fsp3) is 0.290. The van der Waals surface area contributed by atoms with Gasteiger partial charge >= 0.3 is 17.1 Å². The molecule has 180 valence electrons. The van der Waals surface area contributed by atoms with E-state index in [0.29, 0.717) is 10.3 Å². The Morgan fingerprint density at radius 1 is 0.618 bits per heavy atom. The van der Waals surface area contributed by atoms with Gasteiger partial charge in [-0.2, -0.15) is 35.9 Å². The third kappa shape index (κ3) is 8.04. The largest absolute Gasteiger partial charge is 2.00 e. The summed E-state index contributed by atoms with van der Waals surface area (Å²) >= 11 is 0. The van der Waals surface area contributed by atoms with Crippen LogP contribution in [0.2, 0.25) is 0 Å². The second-order valence-electron chi connectivity index (χ2n) is 10.3. The Bertz CT molecular complexity index is 981. The summed E-state index contributed by atoms with van der Waals surface area (Å²) < 4.78 is 0. The van der Waals surface area contributed by atoms with Crippen molar-refractivity contribution < 1.29 is 17.1 Å². The summed E-state index contributed by atoms with van der Waals surface area (Å²) in [6.45, 7) is 14.5. The van der Waals surface area contributed by atoms with E-state index in [0.717, 1.165) is 0 Å². The van der Waals surface area contributed by atoms with Crippen LogP contribution < -0.4 is 15.9 Å². The van der Waals surface area contributed by atoms with Crippen LogP contribution in [0, 0.1) is 0 Å². The first-order valence-electron chi connectivity index (χ1n) is 11.8. The molecule has 0 aromatic heterocycles. The molecule has 0 saturated heterocycles. The molecule has 0 aliphatic carbocycles. The number of rotatable bonds is 5. The monoisotopic (exact) mass is 528 g/mol. The summed E-state index contributed by atoms with van der Waals surface area (Å²) in [6, 6.07) is 39.1. The molecule has 0 amide bonds. The summed E-state index contributed by atoms with van der Waals surface area (Å²) in [7, 11) is -0.683. The van der Waals surface area contributed by atoms with Crippen LogP contribution in [-0.4, -0.2) is 10.3 Å². The van der Waals surface area contributed by atoms with Crippen LogP contribution >= 0.6 is 15.8 Å². The summed E-state index contributed by atoms with van der Waals surface area (Å²) in [5.74, 6) is 0. The SMILES string of the molecule is CC(C)(C)P(Cc1cc[cH-]c1P(c1ccccc1)c1ccccc1)C(C)(C)C.[Fe+2].c1cc[cH-]c1. The molecular formula is C31H38FeP2. The zero-order chi connectivity index (χ0) is 23.9. The molecular weight excluding hydrogens is 490 g/mol. The predicted octanol–water partition coefficient (Wildman–Crippen LogP) is 8.15. The molecule has 0 aliphatic heterocycles. The van der Waals surface area contributed by atoms with Crippen molar-refractivity contribution in [2.45, 2.75) is 58.0 Å². The van der Waals surface area contributed by atoms with E-state index >= 15 is 0 Å². The van der Waals surface area contributed by atoms with E-state index in [1.165, 1.54) is 22.1 Å². The van der Waals surface area contributed by atoms with Crippen LogP contribution in [0.4, 0.5) is 0 Å². The second-order valence-corrected chi connectivity index (χ2v) is 16.4. The van der Waals surface area contributed by atoms with Gasteiger partial charge in [-0.15, -0.1) is 13.2 Å². The van der Waals surface area contributed by atoms with Crippen LogP contribution in [-0.2, 0) is 23.2 Å². The average Bonchev–Trinajstić information content (AvgIpc) is 3.48. The molecule has 0 atom stereocenters. The van der Waals surface area contributed by atoms with Gasteiger partial charge in [-0.25, -0.2) is 18.2 Å². The Hall–Kier alpha value is -1.48. The van der Waals surface area contributed by atoms with Crippen LogP contribution in [0.25, 0.3) is 0 Å². The van der Waals surface area contributed by atoms with Crippen molar-refractivity contribution in [2.24, 2.45) is 0 Å². The maximum absolute atomic E-state index is 2.42. The Labute approximate surface area is 220 Å². The molecule has 3 heteroatoms. The summed E-state index contributed by atoms with van der Waals surface area (Å²) in [4.78, 5) is 0. The van der Waals surface area contributed by atoms with Gasteiger partial charge in [0.1, 0.15) is 0 Å². The fourth-order valence-corrected chi connectivity index (χ4v) is 10.5. The topological polar surface area (TPSA) is 0 Å². The maximum atomic E-state index is 2.42. The minimum absolute atomic E-state index is 0. The first-order chi connectivity index (χ1) is 15.7. The zero-order valence-electron chi connectivity index (χ0n) is 21.3. The van der Waals surface area contributed by atoms with Gasteiger partial charge in [0, 0.05) is 0 Å². The van der Waals surface area contributed by atoms with Gasteiger partial charge < -0.3 is 0 Å². The van der Waals surface area contributed by atoms with Gasteiger partial charge in [-0.3, -0.25) is 0 Å². The van der Waals surface area contributed by atoms with Crippen molar-refractivity contribution in [1.29, 1.82) is 0 Å². The Kier molecular flexibility index (Phi) is 11.0. The Morgan fingerprint density at radius 3 is 1.47 bits per heavy atom. The maximum Gasteiger partial charge on any atom is 2.00 e. The fourth-order valence-electron chi connectivity index (χ4n) is 4.35. The van der Waals surface area contributed by atoms with Gasteiger partial charge in [-0.05, 0) is 28.8 Å². The normalized spacial score (nSPS) is 11.6. The molecule has 0 unspecified atom stereocenters. The molecule has 0 aliphatic rings. The quantitative estimate of drug-likeness (QED) is 0.139. The first-order valence-corrected chi connectivity index (χ1v) is 14.6. The minimum Gasteiger partial charge on any atom is -0.214 e. The van der Waals surface area contributed by atoms with Gasteiger partial charge in [0.25, 0.3) is 0 Å². The Morgan fingerprint density at radius 2 is 1.09 bits per heavy atom. The van der Waals surface area contributed by atoms with E-state index in [1.807, 2.05) is 30.3 Å². The third-order valence-electron chi connectivity index (χ3n) is 5.65. The molecule has 0 spiro atoms. The molecule has 0 fully saturated rings. The molecule has 0 heterocycles. The van der Waals surface area contributed by atoms with Gasteiger partial charge in [-0.1, -0.05) is 108 Å². The van der Waals surface area contributed by atoms with Gasteiger partial charge in [0.2, 0.25) is 0 Å². The second kappa shape index (κ2) is 13.0. The number of hydrogen-bond acceptors (Lipinski definition) is 0. The van der Waals surface area contributed by atoms with Crippen molar-refractivity contribution in [2.75, 3.05) is 0 Å². The zero-order valence-corrected chi connectivity index (χ0v) is 24.2. The summed E-state index contributed by atoms with van der Waals surface area (Å²) in [5.41, 5.74) is 1.55. The number of benzene rings is 2. The van der Waals surface area contributed by atoms with Crippen LogP contribution in [0.5, 0.6) is 0 Å². The van der Waals surface area contributed by atoms with Crippen molar-refractivity contribution in [3.05, 3.63) is 115 Å². The summed E-state index contributed by atoms with van der Waals surface area (Å²) in [5, 5.41) is 5.08. The van der Waals surface area contributed by atoms with E-state index in [-0.39, 0.29) is 25.0 Å². The van der Waals surface area contributed by atoms with Crippen LogP contribution in [0.3, 0.4) is 0 Å². The predicted molar refractivity (Wildman–Crippen MR) is 153 cm³/mol. The smallest absolute Gasteiger partial charge is 0.214 e. The molecule has 0 radical (unpaired) electrons. The van der Waals surface area contributed by atoms with E-state index in [9.17, 15) is 0 Å². The van der Waals surface area contributed by atoms with E-state index in [2.05, 4.69) is 120 Å². The Balaban J connectivity index is 0.000000603. The van der Waals surface area contributed by atoms with Crippen molar-refractivity contribution in [3.8, 4) is 0 Å². The van der Waals surface area contributed by atoms with E-state index in [1.54, 1.807) is 5.56 Å². The molecule has 4 aromatic carbocycles. The summed E-state index contributed by atoms with van der Waals surface area (Å²) in [6.07, 6.45) is 1.20. The minimum atomic E-state index is -0.522. The number of hydrogen-bond donors (Lipinski definition) is 0. The molecule has 0 bridgehead atoms. The van der Waals surface area contributed by atoms with E-state index in [4.69, 9.17) is 0 Å². The van der Waals surface area contributed by atoms with Crippen LogP contribution in [0.15, 0.2) is 109 Å². The van der Waals surface area contributed by atoms with Crippen molar-refractivity contribution in [3.63, 3.8) is 0 Å². The van der Waals surface area contributed by atoms with Crippen molar-refractivity contribution in [1.82, 2.24) is 0 Å². The molecule has 0 nitrogen and oxygen atoms in total. The molecule has 0 N–H and O–H groups in total. The average molecular weight is 528 g/mol. The third-order valence-corrected chi connectivity index (χ3v) is 12.1. The standard InChI is InChI=1S/C26H33P2.C5H5.Fe/c1-25(2,3)27(26(4,5)6)20-21-14-13-19-24(21)28(22-15-9-7-10-16-22)23-17-11-8-12-18-23;1-2-4-5-3-1;/h7-19H,20H2,1-6H3;1-5H;/q2*-1;+2.